The first-order valence-corrected chi connectivity index (χ1v) is 21.9. The highest BCUT2D eigenvalue weighted by atomic mass is 32.1. The molecule has 0 saturated heterocycles. The number of rotatable bonds is 6. The van der Waals surface area contributed by atoms with Crippen LogP contribution in [0, 0.1) is 0 Å². The van der Waals surface area contributed by atoms with Gasteiger partial charge in [-0.05, 0) is 76.9 Å². The summed E-state index contributed by atoms with van der Waals surface area (Å²) in [5.74, 6) is 1.84. The molecule has 13 aromatic rings. The van der Waals surface area contributed by atoms with Crippen LogP contribution in [0.3, 0.4) is 0 Å². The molecule has 0 fully saturated rings. The zero-order chi connectivity index (χ0) is 41.4. The van der Waals surface area contributed by atoms with Gasteiger partial charge >= 0.3 is 0 Å². The predicted molar refractivity (Wildman–Crippen MR) is 262 cm³/mol. The molecule has 4 aromatic heterocycles. The minimum atomic E-state index is 0.597. The Kier molecular flexibility index (Phi) is 8.01. The van der Waals surface area contributed by atoms with E-state index in [2.05, 4.69) is 138 Å². The Bertz CT molecular complexity index is 3860. The van der Waals surface area contributed by atoms with Crippen LogP contribution in [0.25, 0.3) is 126 Å². The van der Waals surface area contributed by atoms with Crippen LogP contribution in [0.4, 0.5) is 0 Å². The van der Waals surface area contributed by atoms with E-state index in [4.69, 9.17) is 19.4 Å². The molecule has 9 aromatic carbocycles. The fourth-order valence-electron chi connectivity index (χ4n) is 9.34. The molecule has 0 unspecified atom stereocenters. The molecule has 0 aliphatic carbocycles. The Balaban J connectivity index is 0.945. The lowest BCUT2D eigenvalue weighted by molar-refractivity contribution is 0.669. The topological polar surface area (TPSA) is 56.7 Å². The number of nitrogens with zero attached hydrogens (tertiary/aromatic N) is 4. The van der Waals surface area contributed by atoms with Gasteiger partial charge in [0.2, 0.25) is 0 Å². The van der Waals surface area contributed by atoms with Crippen LogP contribution in [0.5, 0.6) is 0 Å². The van der Waals surface area contributed by atoms with E-state index in [0.717, 1.165) is 61.0 Å². The van der Waals surface area contributed by atoms with E-state index in [9.17, 15) is 0 Å². The maximum absolute atomic E-state index is 6.52. The lowest BCUT2D eigenvalue weighted by atomic mass is 9.99. The van der Waals surface area contributed by atoms with Crippen molar-refractivity contribution in [2.75, 3.05) is 0 Å². The van der Waals surface area contributed by atoms with Gasteiger partial charge in [-0.3, -0.25) is 0 Å². The van der Waals surface area contributed by atoms with E-state index in [1.165, 1.54) is 47.6 Å². The molecular formula is C57H34N4OS. The minimum Gasteiger partial charge on any atom is -0.456 e. The van der Waals surface area contributed by atoms with Crippen molar-refractivity contribution >= 4 is 75.3 Å². The molecule has 294 valence electrons. The van der Waals surface area contributed by atoms with Crippen LogP contribution >= 0.6 is 11.3 Å². The Morgan fingerprint density at radius 2 is 0.968 bits per heavy atom. The zero-order valence-electron chi connectivity index (χ0n) is 33.7. The number of thiophene rings is 1. The summed E-state index contributed by atoms with van der Waals surface area (Å²) in [6, 6.07) is 72.8. The van der Waals surface area contributed by atoms with Crippen molar-refractivity contribution in [1.82, 2.24) is 19.5 Å². The molecule has 0 saturated carbocycles. The summed E-state index contributed by atoms with van der Waals surface area (Å²) >= 11 is 1.87. The fraction of sp³-hybridized carbons (Fsp3) is 0. The summed E-state index contributed by atoms with van der Waals surface area (Å²) in [7, 11) is 0. The molecule has 0 amide bonds. The summed E-state index contributed by atoms with van der Waals surface area (Å²) in [5.41, 5.74) is 12.5. The summed E-state index contributed by atoms with van der Waals surface area (Å²) in [4.78, 5) is 15.1. The van der Waals surface area contributed by atoms with Crippen LogP contribution < -0.4 is 0 Å². The first kappa shape index (κ1) is 35.6. The lowest BCUT2D eigenvalue weighted by Crippen LogP contribution is -2.00. The van der Waals surface area contributed by atoms with Crippen LogP contribution in [0.1, 0.15) is 0 Å². The Labute approximate surface area is 365 Å². The first-order valence-electron chi connectivity index (χ1n) is 21.1. The van der Waals surface area contributed by atoms with Gasteiger partial charge in [-0.15, -0.1) is 11.3 Å². The number of furan rings is 1. The number of para-hydroxylation sites is 1. The summed E-state index contributed by atoms with van der Waals surface area (Å²) in [6.45, 7) is 0. The third kappa shape index (κ3) is 5.80. The van der Waals surface area contributed by atoms with Crippen molar-refractivity contribution in [3.05, 3.63) is 206 Å². The second-order valence-corrected chi connectivity index (χ2v) is 17.0. The average molecular weight is 823 g/mol. The van der Waals surface area contributed by atoms with Gasteiger partial charge in [0.15, 0.2) is 17.5 Å². The molecule has 0 radical (unpaired) electrons. The van der Waals surface area contributed by atoms with Crippen LogP contribution in [0.15, 0.2) is 211 Å². The highest BCUT2D eigenvalue weighted by Gasteiger charge is 2.20. The molecule has 0 aliphatic heterocycles. The van der Waals surface area contributed by atoms with E-state index in [-0.39, 0.29) is 0 Å². The van der Waals surface area contributed by atoms with Crippen molar-refractivity contribution in [1.29, 1.82) is 0 Å². The smallest absolute Gasteiger partial charge is 0.164 e. The van der Waals surface area contributed by atoms with E-state index >= 15 is 0 Å². The molecular weight excluding hydrogens is 789 g/mol. The maximum atomic E-state index is 6.52. The number of aromatic nitrogens is 4. The maximum Gasteiger partial charge on any atom is 0.164 e. The van der Waals surface area contributed by atoms with Crippen molar-refractivity contribution in [2.24, 2.45) is 0 Å². The van der Waals surface area contributed by atoms with E-state index < -0.39 is 0 Å². The van der Waals surface area contributed by atoms with E-state index in [0.29, 0.717) is 17.5 Å². The number of hydrogen-bond acceptors (Lipinski definition) is 5. The number of fused-ring (bicyclic) bond motifs is 9. The second kappa shape index (κ2) is 14.2. The van der Waals surface area contributed by atoms with Crippen LogP contribution in [-0.4, -0.2) is 19.5 Å². The average Bonchev–Trinajstić information content (AvgIpc) is 4.04. The minimum absolute atomic E-state index is 0.597. The third-order valence-corrected chi connectivity index (χ3v) is 13.5. The fourth-order valence-corrected chi connectivity index (χ4v) is 10.6. The van der Waals surface area contributed by atoms with E-state index in [1.54, 1.807) is 0 Å². The van der Waals surface area contributed by atoms with Crippen molar-refractivity contribution in [3.63, 3.8) is 0 Å². The Morgan fingerprint density at radius 1 is 0.365 bits per heavy atom. The van der Waals surface area contributed by atoms with Gasteiger partial charge in [-0.25, -0.2) is 15.0 Å². The van der Waals surface area contributed by atoms with Gasteiger partial charge in [0.1, 0.15) is 11.2 Å². The van der Waals surface area contributed by atoms with Gasteiger partial charge in [0.25, 0.3) is 0 Å². The molecule has 63 heavy (non-hydrogen) atoms. The monoisotopic (exact) mass is 822 g/mol. The second-order valence-electron chi connectivity index (χ2n) is 15.9. The molecule has 0 spiro atoms. The number of hydrogen-bond donors (Lipinski definition) is 0. The van der Waals surface area contributed by atoms with Gasteiger partial charge < -0.3 is 8.98 Å². The van der Waals surface area contributed by atoms with E-state index in [1.807, 2.05) is 84.1 Å². The van der Waals surface area contributed by atoms with Crippen LogP contribution in [-0.2, 0) is 0 Å². The van der Waals surface area contributed by atoms with Crippen molar-refractivity contribution < 1.29 is 4.42 Å². The summed E-state index contributed by atoms with van der Waals surface area (Å²) < 4.78 is 11.6. The summed E-state index contributed by atoms with van der Waals surface area (Å²) in [6.07, 6.45) is 0. The third-order valence-electron chi connectivity index (χ3n) is 12.3. The standard InChI is InChI=1S/C57H34N4OS/c1-3-14-35(15-4-1)55-58-56(36-16-5-2-6-17-36)60-57(59-55)45-24-13-26-51-53(45)47-34-38(29-31-50(47)62-51)37-28-30-49-46(33-37)42-20-7-9-25-48(42)61(49)40-19-11-18-39(32-40)41-22-12-23-44-43-21-8-10-27-52(43)63-54(41)44/h1-34H. The largest absolute Gasteiger partial charge is 0.456 e. The molecule has 0 bridgehead atoms. The summed E-state index contributed by atoms with van der Waals surface area (Å²) in [5, 5.41) is 7.01. The van der Waals surface area contributed by atoms with Gasteiger partial charge in [0.05, 0.1) is 11.0 Å². The highest BCUT2D eigenvalue weighted by Crippen LogP contribution is 2.43. The normalized spacial score (nSPS) is 11.8. The molecule has 0 atom stereocenters. The van der Waals surface area contributed by atoms with Gasteiger partial charge in [0, 0.05) is 64.1 Å². The number of benzene rings is 9. The molecule has 13 rings (SSSR count). The van der Waals surface area contributed by atoms with Gasteiger partial charge in [-0.1, -0.05) is 152 Å². The van der Waals surface area contributed by atoms with Crippen molar-refractivity contribution in [3.8, 4) is 62.1 Å². The highest BCUT2D eigenvalue weighted by molar-refractivity contribution is 7.26. The lowest BCUT2D eigenvalue weighted by Gasteiger charge is -2.11. The van der Waals surface area contributed by atoms with Crippen molar-refractivity contribution in [2.45, 2.75) is 0 Å². The quantitative estimate of drug-likeness (QED) is 0.168. The SMILES string of the molecule is c1ccc(-c2nc(-c3ccccc3)nc(-c3cccc4oc5ccc(-c6ccc7c(c6)c6ccccc6n7-c6cccc(-c7cccc8c7sc7ccccc78)c6)cc5c34)n2)cc1. The molecule has 0 N–H and O–H groups in total. The molecule has 4 heterocycles. The van der Waals surface area contributed by atoms with Crippen LogP contribution in [0.2, 0.25) is 0 Å². The molecule has 6 heteroatoms. The Hall–Kier alpha value is -8.19. The predicted octanol–water partition coefficient (Wildman–Crippen LogP) is 15.6. The molecule has 0 aliphatic rings. The first-order chi connectivity index (χ1) is 31.2. The van der Waals surface area contributed by atoms with Gasteiger partial charge in [-0.2, -0.15) is 0 Å². The Morgan fingerprint density at radius 3 is 1.78 bits per heavy atom. The zero-order valence-corrected chi connectivity index (χ0v) is 34.6. The molecule has 5 nitrogen and oxygen atoms in total.